The lowest BCUT2D eigenvalue weighted by molar-refractivity contribution is -0.147. The zero-order valence-corrected chi connectivity index (χ0v) is 20.6. The first kappa shape index (κ1) is 27.0. The lowest BCUT2D eigenvalue weighted by Gasteiger charge is -2.40. The number of esters is 2. The monoisotopic (exact) mass is 483 g/mol. The largest absolute Gasteiger partial charge is 0.469 e. The number of amides is 1. The number of rotatable bonds is 11. The molecule has 0 saturated carbocycles. The summed E-state index contributed by atoms with van der Waals surface area (Å²) >= 11 is 0. The predicted octanol–water partition coefficient (Wildman–Crippen LogP) is 3.11. The maximum Gasteiger partial charge on any atom is 0.332 e. The van der Waals surface area contributed by atoms with Gasteiger partial charge in [-0.05, 0) is 18.4 Å². The second-order valence-corrected chi connectivity index (χ2v) is 10.9. The van der Waals surface area contributed by atoms with Gasteiger partial charge in [-0.1, -0.05) is 51.1 Å². The zero-order chi connectivity index (χ0) is 24.5. The Balaban J connectivity index is 1.84. The van der Waals surface area contributed by atoms with Gasteiger partial charge in [-0.25, -0.2) is 0 Å². The first-order chi connectivity index (χ1) is 15.6. The van der Waals surface area contributed by atoms with E-state index in [1.807, 2.05) is 30.3 Å². The molecular formula is C23H34NO8P. The topological polar surface area (TPSA) is 117 Å². The van der Waals surface area contributed by atoms with Crippen LogP contribution in [0.1, 0.15) is 39.2 Å². The quantitative estimate of drug-likeness (QED) is 0.290. The van der Waals surface area contributed by atoms with E-state index in [0.29, 0.717) is 6.42 Å². The van der Waals surface area contributed by atoms with E-state index in [0.717, 1.165) is 12.0 Å². The Kier molecular flexibility index (Phi) is 10.1. The van der Waals surface area contributed by atoms with Crippen LogP contribution in [0.5, 0.6) is 0 Å². The van der Waals surface area contributed by atoms with Crippen molar-refractivity contribution in [2.45, 2.75) is 46.1 Å². The first-order valence-electron chi connectivity index (χ1n) is 11.0. The van der Waals surface area contributed by atoms with E-state index in [4.69, 9.17) is 13.8 Å². The molecular weight excluding hydrogens is 449 g/mol. The van der Waals surface area contributed by atoms with Crippen molar-refractivity contribution in [3.8, 4) is 0 Å². The molecule has 0 unspecified atom stereocenters. The molecule has 1 saturated heterocycles. The summed E-state index contributed by atoms with van der Waals surface area (Å²) in [5.74, 6) is -2.17. The summed E-state index contributed by atoms with van der Waals surface area (Å²) in [7, 11) is -2.45. The number of benzene rings is 1. The molecule has 0 bridgehead atoms. The Hall–Kier alpha value is -2.22. The molecule has 1 heterocycles. The standard InChI is InChI=1S/C23H34NO8P/c1-17(22(27)30-14-8-11-18-9-6-5-7-10-18)15-33(28)31-16-23(2,3)20(32-33)21(26)24-13-12-19(25)29-4/h5-7,9-10,17,20H,8,11-16H2,1-4H3,(H,24,26)/t17-,20+,33+/m1/s1. The molecule has 1 aromatic carbocycles. The number of carbonyl (C=O) groups is 3. The fourth-order valence-corrected chi connectivity index (χ4v) is 5.61. The molecule has 1 aliphatic heterocycles. The average Bonchev–Trinajstić information content (AvgIpc) is 2.78. The van der Waals surface area contributed by atoms with E-state index in [-0.39, 0.29) is 32.3 Å². The molecule has 0 aromatic heterocycles. The van der Waals surface area contributed by atoms with E-state index in [1.165, 1.54) is 7.11 Å². The molecule has 1 aromatic rings. The Morgan fingerprint density at radius 1 is 1.24 bits per heavy atom. The van der Waals surface area contributed by atoms with Crippen LogP contribution in [-0.2, 0) is 43.9 Å². The Morgan fingerprint density at radius 3 is 2.61 bits per heavy atom. The highest BCUT2D eigenvalue weighted by Gasteiger charge is 2.48. The van der Waals surface area contributed by atoms with Gasteiger partial charge in [-0.15, -0.1) is 0 Å². The number of nitrogens with one attached hydrogen (secondary N) is 1. The summed E-state index contributed by atoms with van der Waals surface area (Å²) < 4.78 is 34.2. The van der Waals surface area contributed by atoms with Gasteiger partial charge in [0.1, 0.15) is 0 Å². The van der Waals surface area contributed by atoms with Crippen LogP contribution in [-0.4, -0.2) is 57.0 Å². The minimum atomic E-state index is -3.71. The van der Waals surface area contributed by atoms with E-state index in [1.54, 1.807) is 20.8 Å². The van der Waals surface area contributed by atoms with Gasteiger partial charge >= 0.3 is 19.5 Å². The number of methoxy groups -OCH3 is 1. The lowest BCUT2D eigenvalue weighted by atomic mass is 9.87. The number of aryl methyl sites for hydroxylation is 1. The molecule has 3 atom stereocenters. The highest BCUT2D eigenvalue weighted by molar-refractivity contribution is 7.54. The van der Waals surface area contributed by atoms with Crippen molar-refractivity contribution in [3.05, 3.63) is 35.9 Å². The Bertz CT molecular complexity index is 857. The van der Waals surface area contributed by atoms with Crippen LogP contribution in [0.3, 0.4) is 0 Å². The highest BCUT2D eigenvalue weighted by atomic mass is 31.2. The van der Waals surface area contributed by atoms with Gasteiger partial charge < -0.3 is 19.3 Å². The predicted molar refractivity (Wildman–Crippen MR) is 122 cm³/mol. The summed E-state index contributed by atoms with van der Waals surface area (Å²) in [6.07, 6.45) is 0.233. The van der Waals surface area contributed by atoms with Crippen molar-refractivity contribution < 1.29 is 37.5 Å². The minimum Gasteiger partial charge on any atom is -0.469 e. The van der Waals surface area contributed by atoms with Crippen LogP contribution in [0.25, 0.3) is 0 Å². The second kappa shape index (κ2) is 12.3. The minimum absolute atomic E-state index is 0.0106. The van der Waals surface area contributed by atoms with Crippen LogP contribution < -0.4 is 5.32 Å². The van der Waals surface area contributed by atoms with E-state index in [9.17, 15) is 18.9 Å². The highest BCUT2D eigenvalue weighted by Crippen LogP contribution is 2.57. The first-order valence-corrected chi connectivity index (χ1v) is 12.8. The molecule has 2 rings (SSSR count). The third-order valence-corrected chi connectivity index (χ3v) is 7.35. The van der Waals surface area contributed by atoms with Crippen molar-refractivity contribution in [1.29, 1.82) is 0 Å². The van der Waals surface area contributed by atoms with Gasteiger partial charge in [-0.2, -0.15) is 0 Å². The van der Waals surface area contributed by atoms with Gasteiger partial charge in [0.25, 0.3) is 0 Å². The van der Waals surface area contributed by atoms with Crippen molar-refractivity contribution >= 4 is 25.4 Å². The summed E-state index contributed by atoms with van der Waals surface area (Å²) in [6.45, 7) is 5.45. The van der Waals surface area contributed by atoms with Gasteiger partial charge in [-0.3, -0.25) is 23.5 Å². The Labute approximate surface area is 195 Å². The molecule has 184 valence electrons. The van der Waals surface area contributed by atoms with Gasteiger partial charge in [0.05, 0.1) is 38.8 Å². The summed E-state index contributed by atoms with van der Waals surface area (Å²) in [5.41, 5.74) is 0.415. The Morgan fingerprint density at radius 2 is 1.94 bits per heavy atom. The third kappa shape index (κ3) is 8.57. The van der Waals surface area contributed by atoms with Crippen molar-refractivity contribution in [3.63, 3.8) is 0 Å². The van der Waals surface area contributed by atoms with E-state index >= 15 is 0 Å². The van der Waals surface area contributed by atoms with E-state index in [2.05, 4.69) is 10.1 Å². The van der Waals surface area contributed by atoms with Crippen molar-refractivity contribution in [1.82, 2.24) is 5.32 Å². The summed E-state index contributed by atoms with van der Waals surface area (Å²) in [5, 5.41) is 2.60. The molecule has 0 aliphatic carbocycles. The van der Waals surface area contributed by atoms with Crippen LogP contribution in [0.4, 0.5) is 0 Å². The smallest absolute Gasteiger partial charge is 0.332 e. The second-order valence-electron chi connectivity index (χ2n) is 8.82. The van der Waals surface area contributed by atoms with Crippen LogP contribution in [0.15, 0.2) is 30.3 Å². The van der Waals surface area contributed by atoms with Crippen LogP contribution in [0, 0.1) is 11.3 Å². The number of hydrogen-bond acceptors (Lipinski definition) is 8. The fraction of sp³-hybridized carbons (Fsp3) is 0.609. The van der Waals surface area contributed by atoms with Crippen molar-refractivity contribution in [2.24, 2.45) is 11.3 Å². The molecule has 1 aliphatic rings. The van der Waals surface area contributed by atoms with Gasteiger partial charge in [0.2, 0.25) is 5.91 Å². The average molecular weight is 483 g/mol. The third-order valence-electron chi connectivity index (χ3n) is 5.30. The molecule has 33 heavy (non-hydrogen) atoms. The molecule has 9 nitrogen and oxygen atoms in total. The van der Waals surface area contributed by atoms with Crippen LogP contribution >= 0.6 is 7.60 Å². The maximum absolute atomic E-state index is 13.2. The lowest BCUT2D eigenvalue weighted by Crippen LogP contribution is -2.50. The molecule has 1 N–H and O–H groups in total. The van der Waals surface area contributed by atoms with Gasteiger partial charge in [0.15, 0.2) is 6.10 Å². The van der Waals surface area contributed by atoms with E-state index < -0.39 is 42.9 Å². The summed E-state index contributed by atoms with van der Waals surface area (Å²) in [4.78, 5) is 36.2. The number of carbonyl (C=O) groups excluding carboxylic acids is 3. The zero-order valence-electron chi connectivity index (χ0n) is 19.7. The van der Waals surface area contributed by atoms with Crippen LogP contribution in [0.2, 0.25) is 0 Å². The number of ether oxygens (including phenoxy) is 2. The molecule has 1 fully saturated rings. The molecule has 10 heteroatoms. The fourth-order valence-electron chi connectivity index (χ4n) is 3.30. The SMILES string of the molecule is COC(=O)CCNC(=O)[C@@H]1O[P@](=O)(C[C@@H](C)C(=O)OCCCc2ccccc2)OCC1(C)C. The molecule has 1 amide bonds. The van der Waals surface area contributed by atoms with Crippen molar-refractivity contribution in [2.75, 3.05) is 33.0 Å². The summed E-state index contributed by atoms with van der Waals surface area (Å²) in [6, 6.07) is 9.88. The molecule has 0 spiro atoms. The normalized spacial score (nSPS) is 22.7. The van der Waals surface area contributed by atoms with Gasteiger partial charge in [0, 0.05) is 12.0 Å². The maximum atomic E-state index is 13.2. The molecule has 0 radical (unpaired) electrons. The number of hydrogen-bond donors (Lipinski definition) is 1.